The Balaban J connectivity index is 2.32. The molecule has 3 nitrogen and oxygen atoms in total. The van der Waals surface area contributed by atoms with E-state index in [1.165, 1.54) is 0 Å². The molecule has 2 rings (SSSR count). The average molecular weight is 341 g/mol. The Morgan fingerprint density at radius 3 is 2.74 bits per heavy atom. The lowest BCUT2D eigenvalue weighted by atomic mass is 10.0. The Hall–Kier alpha value is -0.880. The van der Waals surface area contributed by atoms with Gasteiger partial charge in [0.2, 0.25) is 0 Å². The van der Waals surface area contributed by atoms with Crippen LogP contribution in [0.3, 0.4) is 0 Å². The summed E-state index contributed by atoms with van der Waals surface area (Å²) in [7, 11) is 0. The maximum Gasteiger partial charge on any atom is 0.124 e. The number of benzene rings is 1. The van der Waals surface area contributed by atoms with Crippen molar-refractivity contribution in [1.82, 2.24) is 5.43 Å². The zero-order valence-corrected chi connectivity index (χ0v) is 13.1. The molecule has 0 aliphatic rings. The molecule has 0 spiro atoms. The van der Waals surface area contributed by atoms with Crippen LogP contribution >= 0.6 is 27.3 Å². The minimum atomic E-state index is -0.0515. The molecular weight excluding hydrogens is 324 g/mol. The summed E-state index contributed by atoms with van der Waals surface area (Å²) in [6.45, 7) is 2.81. The zero-order valence-electron chi connectivity index (χ0n) is 10.7. The number of thiophene rings is 1. The van der Waals surface area contributed by atoms with Crippen molar-refractivity contribution in [3.05, 3.63) is 50.6 Å². The highest BCUT2D eigenvalue weighted by Gasteiger charge is 2.18. The van der Waals surface area contributed by atoms with Crippen molar-refractivity contribution >= 4 is 27.3 Å². The molecule has 3 N–H and O–H groups in total. The predicted octanol–water partition coefficient (Wildman–Crippen LogP) is 3.85. The van der Waals surface area contributed by atoms with Crippen LogP contribution in [0, 0.1) is 0 Å². The molecule has 0 bridgehead atoms. The second kappa shape index (κ2) is 7.05. The van der Waals surface area contributed by atoms with E-state index in [1.807, 2.05) is 30.3 Å². The molecule has 0 saturated heterocycles. The van der Waals surface area contributed by atoms with Gasteiger partial charge in [0, 0.05) is 10.4 Å². The summed E-state index contributed by atoms with van der Waals surface area (Å²) in [5, 5.41) is 0. The molecule has 1 unspecified atom stereocenters. The van der Waals surface area contributed by atoms with Gasteiger partial charge in [-0.2, -0.15) is 0 Å². The summed E-state index contributed by atoms with van der Waals surface area (Å²) in [5.41, 5.74) is 3.94. The third-order valence-electron chi connectivity index (χ3n) is 2.74. The Morgan fingerprint density at radius 1 is 1.32 bits per heavy atom. The number of rotatable bonds is 6. The molecule has 102 valence electrons. The second-order valence-corrected chi connectivity index (χ2v) is 6.62. The van der Waals surface area contributed by atoms with E-state index in [-0.39, 0.29) is 6.04 Å². The molecule has 0 saturated carbocycles. The highest BCUT2D eigenvalue weighted by molar-refractivity contribution is 9.11. The maximum atomic E-state index is 5.79. The van der Waals surface area contributed by atoms with Crippen LogP contribution < -0.4 is 16.0 Å². The summed E-state index contributed by atoms with van der Waals surface area (Å²) >= 11 is 5.15. The monoisotopic (exact) mass is 340 g/mol. The molecule has 5 heteroatoms. The molecule has 2 aromatic rings. The summed E-state index contributed by atoms with van der Waals surface area (Å²) in [4.78, 5) is 1.15. The van der Waals surface area contributed by atoms with Gasteiger partial charge in [-0.05, 0) is 40.5 Å². The normalized spacial score (nSPS) is 12.4. The fourth-order valence-corrected chi connectivity index (χ4v) is 3.37. The molecule has 19 heavy (non-hydrogen) atoms. The first kappa shape index (κ1) is 14.5. The van der Waals surface area contributed by atoms with E-state index in [4.69, 9.17) is 10.6 Å². The lowest BCUT2D eigenvalue weighted by Gasteiger charge is -2.18. The smallest absolute Gasteiger partial charge is 0.124 e. The number of nitrogens with one attached hydrogen (secondary N) is 1. The highest BCUT2D eigenvalue weighted by atomic mass is 79.9. The van der Waals surface area contributed by atoms with E-state index in [0.29, 0.717) is 6.61 Å². The fourth-order valence-electron chi connectivity index (χ4n) is 1.87. The van der Waals surface area contributed by atoms with Gasteiger partial charge < -0.3 is 4.74 Å². The second-order valence-electron chi connectivity index (χ2n) is 4.13. The summed E-state index contributed by atoms with van der Waals surface area (Å²) in [6.07, 6.45) is 0.986. The summed E-state index contributed by atoms with van der Waals surface area (Å²) in [5.74, 6) is 6.62. The highest BCUT2D eigenvalue weighted by Crippen LogP contribution is 2.34. The first-order valence-corrected chi connectivity index (χ1v) is 7.80. The van der Waals surface area contributed by atoms with Gasteiger partial charge in [0.05, 0.1) is 16.4 Å². The zero-order chi connectivity index (χ0) is 13.7. The van der Waals surface area contributed by atoms with Crippen LogP contribution in [0.2, 0.25) is 0 Å². The number of ether oxygens (including phenoxy) is 1. The predicted molar refractivity (Wildman–Crippen MR) is 83.4 cm³/mol. The lowest BCUT2D eigenvalue weighted by Crippen LogP contribution is -2.28. The molecular formula is C14H17BrN2OS. The third-order valence-corrected chi connectivity index (χ3v) is 4.43. The van der Waals surface area contributed by atoms with Crippen LogP contribution in [-0.4, -0.2) is 6.61 Å². The van der Waals surface area contributed by atoms with Gasteiger partial charge in [-0.3, -0.25) is 5.84 Å². The van der Waals surface area contributed by atoms with Gasteiger partial charge >= 0.3 is 0 Å². The quantitative estimate of drug-likeness (QED) is 0.620. The van der Waals surface area contributed by atoms with Crippen molar-refractivity contribution in [2.75, 3.05) is 6.61 Å². The Labute approximate surface area is 125 Å². The van der Waals surface area contributed by atoms with Crippen molar-refractivity contribution in [1.29, 1.82) is 0 Å². The van der Waals surface area contributed by atoms with E-state index < -0.39 is 0 Å². The standard InChI is InChI=1S/C14H17BrN2OS/c1-2-9-18-11-6-4-3-5-10(11)14(17-16)12-7-8-13(15)19-12/h3-8,14,17H,2,9,16H2,1H3. The maximum absolute atomic E-state index is 5.79. The molecule has 0 fully saturated rings. The minimum absolute atomic E-state index is 0.0515. The number of para-hydroxylation sites is 1. The van der Waals surface area contributed by atoms with Crippen LogP contribution in [0.5, 0.6) is 5.75 Å². The van der Waals surface area contributed by atoms with Gasteiger partial charge in [-0.15, -0.1) is 11.3 Å². The first-order chi connectivity index (χ1) is 9.26. The van der Waals surface area contributed by atoms with Crippen LogP contribution in [-0.2, 0) is 0 Å². The Kier molecular flexibility index (Phi) is 5.39. The molecule has 0 aliphatic carbocycles. The fraction of sp³-hybridized carbons (Fsp3) is 0.286. The van der Waals surface area contributed by atoms with E-state index in [0.717, 1.165) is 26.4 Å². The Bertz CT molecular complexity index is 530. The largest absolute Gasteiger partial charge is 0.493 e. The Morgan fingerprint density at radius 2 is 2.11 bits per heavy atom. The van der Waals surface area contributed by atoms with Crippen molar-refractivity contribution in [2.45, 2.75) is 19.4 Å². The van der Waals surface area contributed by atoms with Crippen molar-refractivity contribution in [3.8, 4) is 5.75 Å². The first-order valence-electron chi connectivity index (χ1n) is 6.19. The number of halogens is 1. The molecule has 0 amide bonds. The van der Waals surface area contributed by atoms with Crippen LogP contribution in [0.25, 0.3) is 0 Å². The van der Waals surface area contributed by atoms with Gasteiger partial charge in [-0.25, -0.2) is 5.43 Å². The molecule has 1 atom stereocenters. The van der Waals surface area contributed by atoms with E-state index in [2.05, 4.69) is 34.3 Å². The lowest BCUT2D eigenvalue weighted by molar-refractivity contribution is 0.312. The van der Waals surface area contributed by atoms with Gasteiger partial charge in [0.15, 0.2) is 0 Å². The summed E-state index contributed by atoms with van der Waals surface area (Å²) in [6, 6.07) is 12.1. The number of hydrogen-bond acceptors (Lipinski definition) is 4. The van der Waals surface area contributed by atoms with Crippen molar-refractivity contribution < 1.29 is 4.74 Å². The van der Waals surface area contributed by atoms with Gasteiger partial charge in [0.25, 0.3) is 0 Å². The van der Waals surface area contributed by atoms with Gasteiger partial charge in [0.1, 0.15) is 5.75 Å². The molecule has 1 heterocycles. The van der Waals surface area contributed by atoms with E-state index in [1.54, 1.807) is 11.3 Å². The number of nitrogens with two attached hydrogens (primary N) is 1. The van der Waals surface area contributed by atoms with Crippen LogP contribution in [0.4, 0.5) is 0 Å². The molecule has 0 radical (unpaired) electrons. The van der Waals surface area contributed by atoms with E-state index in [9.17, 15) is 0 Å². The molecule has 0 aliphatic heterocycles. The minimum Gasteiger partial charge on any atom is -0.493 e. The number of hydrazine groups is 1. The van der Waals surface area contributed by atoms with Crippen LogP contribution in [0.1, 0.15) is 29.8 Å². The average Bonchev–Trinajstić information content (AvgIpc) is 2.85. The van der Waals surface area contributed by atoms with Gasteiger partial charge in [-0.1, -0.05) is 25.1 Å². The topological polar surface area (TPSA) is 47.3 Å². The molecule has 1 aromatic heterocycles. The van der Waals surface area contributed by atoms with Crippen LogP contribution in [0.15, 0.2) is 40.2 Å². The molecule has 1 aromatic carbocycles. The third kappa shape index (κ3) is 3.57. The summed E-state index contributed by atoms with van der Waals surface area (Å²) < 4.78 is 6.89. The van der Waals surface area contributed by atoms with Crippen molar-refractivity contribution in [3.63, 3.8) is 0 Å². The van der Waals surface area contributed by atoms with Crippen molar-refractivity contribution in [2.24, 2.45) is 5.84 Å². The number of hydrogen-bond donors (Lipinski definition) is 2. The van der Waals surface area contributed by atoms with E-state index >= 15 is 0 Å². The SMILES string of the molecule is CCCOc1ccccc1C(NN)c1ccc(Br)s1.